The maximum Gasteiger partial charge on any atom is 0.176 e. The molecular weight excluding hydrogens is 276 g/mol. The molecule has 2 heterocycles. The minimum absolute atomic E-state index is 0.982. The molecule has 5 heteroatoms. The topological polar surface area (TPSA) is 0 Å². The van der Waals surface area contributed by atoms with Crippen LogP contribution in [0.5, 0.6) is 0 Å². The summed E-state index contributed by atoms with van der Waals surface area (Å²) >= 11 is 9.07. The third-order valence-corrected chi connectivity index (χ3v) is 19.4. The molecule has 2 aliphatic rings. The number of rotatable bonds is 8. The molecule has 0 aromatic heterocycles. The Morgan fingerprint density at radius 1 is 1.00 bits per heavy atom. The van der Waals surface area contributed by atoms with Gasteiger partial charge in [0.2, 0.25) is 0 Å². The van der Waals surface area contributed by atoms with E-state index < -0.39 is 6.37 Å². The molecule has 0 aromatic rings. The van der Waals surface area contributed by atoms with Crippen molar-refractivity contribution in [2.45, 2.75) is 36.4 Å². The van der Waals surface area contributed by atoms with Gasteiger partial charge in [0.25, 0.3) is 0 Å². The summed E-state index contributed by atoms with van der Waals surface area (Å²) < 4.78 is 0. The monoisotopic (exact) mass is 296 g/mol. The second-order valence-corrected chi connectivity index (χ2v) is 18.5. The zero-order valence-corrected chi connectivity index (χ0v) is 13.8. The zero-order valence-electron chi connectivity index (χ0n) is 9.53. The van der Waals surface area contributed by atoms with Gasteiger partial charge in [0.05, 0.1) is 0 Å². The lowest BCUT2D eigenvalue weighted by Gasteiger charge is -2.27. The first-order valence-electron chi connectivity index (χ1n) is 5.79. The Hall–Kier alpha value is 1.62. The molecule has 0 N–H and O–H groups in total. The lowest BCUT2D eigenvalue weighted by atomic mass is 10.6. The van der Waals surface area contributed by atoms with E-state index in [2.05, 4.69) is 59.8 Å². The molecule has 0 nitrogen and oxygen atoms in total. The van der Waals surface area contributed by atoms with E-state index in [0.29, 0.717) is 0 Å². The Kier molecular flexibility index (Phi) is 5.21. The number of thioether (sulfide) groups is 2. The number of hydrogen-bond donors (Lipinski definition) is 0. The molecular formula is C10H20S4Si. The Morgan fingerprint density at radius 3 is 1.67 bits per heavy atom. The van der Waals surface area contributed by atoms with Gasteiger partial charge in [0.15, 0.2) is 6.37 Å². The van der Waals surface area contributed by atoms with Crippen molar-refractivity contribution >= 4 is 52.3 Å². The van der Waals surface area contributed by atoms with Crippen LogP contribution in [-0.2, 0) is 0 Å². The van der Waals surface area contributed by atoms with Gasteiger partial charge in [-0.1, -0.05) is 13.8 Å². The van der Waals surface area contributed by atoms with E-state index >= 15 is 0 Å². The van der Waals surface area contributed by atoms with Gasteiger partial charge in [-0.25, -0.2) is 0 Å². The molecule has 0 amide bonds. The smallest absolute Gasteiger partial charge is 0.171 e. The lowest BCUT2D eigenvalue weighted by Crippen LogP contribution is -2.26. The highest BCUT2D eigenvalue weighted by Crippen LogP contribution is 2.46. The molecule has 0 aromatic carbocycles. The van der Waals surface area contributed by atoms with Crippen LogP contribution >= 0.6 is 45.9 Å². The van der Waals surface area contributed by atoms with Crippen LogP contribution in [0.1, 0.15) is 13.8 Å². The normalized spacial score (nSPS) is 29.2. The van der Waals surface area contributed by atoms with Gasteiger partial charge >= 0.3 is 0 Å². The fraction of sp³-hybridized carbons (Fsp3) is 1.00. The highest BCUT2D eigenvalue weighted by molar-refractivity contribution is 8.58. The van der Waals surface area contributed by atoms with Crippen LogP contribution in [0.15, 0.2) is 0 Å². The molecule has 2 unspecified atom stereocenters. The van der Waals surface area contributed by atoms with Crippen LogP contribution in [0.3, 0.4) is 0 Å². The minimum atomic E-state index is -0.982. The van der Waals surface area contributed by atoms with Crippen molar-refractivity contribution in [1.29, 1.82) is 0 Å². The molecule has 2 saturated heterocycles. The molecule has 0 aliphatic carbocycles. The van der Waals surface area contributed by atoms with E-state index in [1.54, 1.807) is 0 Å². The van der Waals surface area contributed by atoms with E-state index in [9.17, 15) is 0 Å². The average Bonchev–Trinajstić information content (AvgIpc) is 3.14. The summed E-state index contributed by atoms with van der Waals surface area (Å²) in [7, 11) is 0. The van der Waals surface area contributed by atoms with Crippen molar-refractivity contribution in [2.24, 2.45) is 0 Å². The fourth-order valence-corrected chi connectivity index (χ4v) is 14.5. The summed E-state index contributed by atoms with van der Waals surface area (Å²) in [6.07, 6.45) is -0.982. The fourth-order valence-electron chi connectivity index (χ4n) is 1.52. The molecule has 2 aliphatic heterocycles. The Balaban J connectivity index is 1.75. The zero-order chi connectivity index (χ0) is 10.7. The van der Waals surface area contributed by atoms with Crippen LogP contribution in [0, 0.1) is 0 Å². The summed E-state index contributed by atoms with van der Waals surface area (Å²) in [6, 6.07) is 2.93. The van der Waals surface area contributed by atoms with Gasteiger partial charge in [0.1, 0.15) is 0 Å². The predicted molar refractivity (Wildman–Crippen MR) is 84.1 cm³/mol. The largest absolute Gasteiger partial charge is 0.176 e. The van der Waals surface area contributed by atoms with Gasteiger partial charge in [-0.2, -0.15) is 45.9 Å². The first kappa shape index (κ1) is 13.1. The minimum Gasteiger partial charge on any atom is -0.171 e. The maximum absolute atomic E-state index is 2.43. The Labute approximate surface area is 111 Å². The van der Waals surface area contributed by atoms with E-state index in [1.807, 2.05) is 0 Å². The SMILES string of the molecule is CC[Si](CC)(SCC1CS1)SCC1CS1. The van der Waals surface area contributed by atoms with Crippen molar-refractivity contribution in [3.63, 3.8) is 0 Å². The molecule has 0 saturated carbocycles. The van der Waals surface area contributed by atoms with E-state index in [4.69, 9.17) is 0 Å². The third-order valence-electron chi connectivity index (χ3n) is 2.95. The molecule has 0 bridgehead atoms. The van der Waals surface area contributed by atoms with Crippen molar-refractivity contribution in [3.8, 4) is 0 Å². The van der Waals surface area contributed by atoms with E-state index in [-0.39, 0.29) is 0 Å². The summed E-state index contributed by atoms with van der Waals surface area (Å²) in [5.74, 6) is 5.77. The van der Waals surface area contributed by atoms with Gasteiger partial charge in [-0.3, -0.25) is 0 Å². The van der Waals surface area contributed by atoms with Crippen molar-refractivity contribution < 1.29 is 0 Å². The second-order valence-electron chi connectivity index (χ2n) is 4.15. The van der Waals surface area contributed by atoms with Crippen LogP contribution in [0.2, 0.25) is 12.1 Å². The molecule has 0 radical (unpaired) electrons. The van der Waals surface area contributed by atoms with Crippen LogP contribution in [0.4, 0.5) is 0 Å². The summed E-state index contributed by atoms with van der Waals surface area (Å²) in [6.45, 7) is 4.85. The van der Waals surface area contributed by atoms with Gasteiger partial charge in [-0.05, 0) is 12.1 Å². The standard InChI is InChI=1S/C10H20S4Si/c1-3-15(4-2,13-7-9-5-11-9)14-8-10-6-12-10/h9-10H,3-8H2,1-2H3. The Bertz CT molecular complexity index is 182. The molecule has 15 heavy (non-hydrogen) atoms. The Morgan fingerprint density at radius 2 is 1.40 bits per heavy atom. The first-order chi connectivity index (χ1) is 7.28. The molecule has 88 valence electrons. The van der Waals surface area contributed by atoms with Crippen molar-refractivity contribution in [3.05, 3.63) is 0 Å². The van der Waals surface area contributed by atoms with Crippen LogP contribution in [-0.4, -0.2) is 39.9 Å². The van der Waals surface area contributed by atoms with E-state index in [0.717, 1.165) is 10.5 Å². The highest BCUT2D eigenvalue weighted by atomic mass is 32.6. The lowest BCUT2D eigenvalue weighted by molar-refractivity contribution is 1.26. The third kappa shape index (κ3) is 4.41. The summed E-state index contributed by atoms with van der Waals surface area (Å²) in [5.41, 5.74) is 0. The molecule has 2 rings (SSSR count). The van der Waals surface area contributed by atoms with Crippen molar-refractivity contribution in [2.75, 3.05) is 23.0 Å². The maximum atomic E-state index is 2.43. The molecule has 2 fully saturated rings. The molecule has 0 spiro atoms. The average molecular weight is 297 g/mol. The predicted octanol–water partition coefficient (Wildman–Crippen LogP) is 4.17. The quantitative estimate of drug-likeness (QED) is 0.487. The summed E-state index contributed by atoms with van der Waals surface area (Å²) in [4.78, 5) is 0. The van der Waals surface area contributed by atoms with Gasteiger partial charge < -0.3 is 0 Å². The van der Waals surface area contributed by atoms with Crippen molar-refractivity contribution in [1.82, 2.24) is 0 Å². The first-order valence-corrected chi connectivity index (χ1v) is 13.7. The van der Waals surface area contributed by atoms with Crippen LogP contribution < -0.4 is 0 Å². The van der Waals surface area contributed by atoms with Crippen LogP contribution in [0.25, 0.3) is 0 Å². The summed E-state index contributed by atoms with van der Waals surface area (Å²) in [5, 5.41) is 2.05. The van der Waals surface area contributed by atoms with Gasteiger partial charge in [0, 0.05) is 33.5 Å². The number of hydrogen-bond acceptors (Lipinski definition) is 4. The molecule has 2 atom stereocenters. The second kappa shape index (κ2) is 5.98. The van der Waals surface area contributed by atoms with E-state index in [1.165, 1.54) is 35.1 Å². The highest BCUT2D eigenvalue weighted by Gasteiger charge is 2.36. The van der Waals surface area contributed by atoms with Gasteiger partial charge in [-0.15, -0.1) is 0 Å².